The zero-order valence-corrected chi connectivity index (χ0v) is 18.6. The highest BCUT2D eigenvalue weighted by atomic mass is 16.5. The van der Waals surface area contributed by atoms with Crippen molar-refractivity contribution in [1.82, 2.24) is 15.1 Å². The van der Waals surface area contributed by atoms with E-state index in [1.807, 2.05) is 37.2 Å². The second kappa shape index (κ2) is 9.85. The van der Waals surface area contributed by atoms with Crippen molar-refractivity contribution in [3.63, 3.8) is 0 Å². The lowest BCUT2D eigenvalue weighted by atomic mass is 10.0. The maximum Gasteiger partial charge on any atom is 0.317 e. The summed E-state index contributed by atoms with van der Waals surface area (Å²) in [6, 6.07) is 14.3. The van der Waals surface area contributed by atoms with E-state index in [1.54, 1.807) is 14.2 Å². The molecule has 0 bridgehead atoms. The predicted octanol–water partition coefficient (Wildman–Crippen LogP) is 4.16. The van der Waals surface area contributed by atoms with Crippen LogP contribution in [0.3, 0.4) is 0 Å². The first kappa shape index (κ1) is 22.0. The number of methoxy groups -OCH3 is 2. The number of hydrogen-bond donors (Lipinski definition) is 1. The number of amides is 2. The van der Waals surface area contributed by atoms with E-state index in [4.69, 9.17) is 9.47 Å². The van der Waals surface area contributed by atoms with E-state index < -0.39 is 0 Å². The van der Waals surface area contributed by atoms with Gasteiger partial charge < -0.3 is 24.6 Å². The van der Waals surface area contributed by atoms with Gasteiger partial charge in [0.25, 0.3) is 0 Å². The van der Waals surface area contributed by atoms with Crippen molar-refractivity contribution in [3.05, 3.63) is 59.2 Å². The van der Waals surface area contributed by atoms with Crippen LogP contribution in [0.25, 0.3) is 0 Å². The Labute approximate surface area is 179 Å². The normalized spacial score (nSPS) is 17.1. The minimum atomic E-state index is -0.0404. The van der Waals surface area contributed by atoms with E-state index in [2.05, 4.69) is 41.4 Å². The van der Waals surface area contributed by atoms with Gasteiger partial charge in [-0.05, 0) is 57.6 Å². The highest BCUT2D eigenvalue weighted by Gasteiger charge is 2.32. The van der Waals surface area contributed by atoms with Crippen LogP contribution in [0.15, 0.2) is 42.5 Å². The Morgan fingerprint density at radius 3 is 2.53 bits per heavy atom. The van der Waals surface area contributed by atoms with Crippen molar-refractivity contribution >= 4 is 6.03 Å². The molecule has 162 valence electrons. The van der Waals surface area contributed by atoms with E-state index in [0.29, 0.717) is 6.54 Å². The number of carbonyl (C=O) groups is 1. The largest absolute Gasteiger partial charge is 0.497 e. The van der Waals surface area contributed by atoms with Crippen LogP contribution in [0.2, 0.25) is 0 Å². The Kier molecular flexibility index (Phi) is 7.21. The lowest BCUT2D eigenvalue weighted by Gasteiger charge is -2.29. The molecule has 1 aliphatic rings. The number of benzene rings is 2. The maximum absolute atomic E-state index is 13.1. The molecule has 0 aromatic heterocycles. The highest BCUT2D eigenvalue weighted by Crippen LogP contribution is 2.38. The molecule has 2 atom stereocenters. The lowest BCUT2D eigenvalue weighted by Crippen LogP contribution is -2.43. The second-order valence-electron chi connectivity index (χ2n) is 8.04. The summed E-state index contributed by atoms with van der Waals surface area (Å²) in [5.74, 6) is 1.55. The molecule has 1 N–H and O–H groups in total. The third kappa shape index (κ3) is 4.87. The van der Waals surface area contributed by atoms with Gasteiger partial charge in [-0.3, -0.25) is 0 Å². The number of aryl methyl sites for hydroxylation is 1. The van der Waals surface area contributed by atoms with Gasteiger partial charge in [0.2, 0.25) is 0 Å². The van der Waals surface area contributed by atoms with Crippen LogP contribution in [0.4, 0.5) is 4.79 Å². The Balaban J connectivity index is 1.73. The molecule has 2 aromatic carbocycles. The summed E-state index contributed by atoms with van der Waals surface area (Å²) < 4.78 is 11.0. The molecule has 0 spiro atoms. The van der Waals surface area contributed by atoms with E-state index in [9.17, 15) is 4.79 Å². The zero-order chi connectivity index (χ0) is 21.7. The molecule has 1 aliphatic heterocycles. The third-order valence-electron chi connectivity index (χ3n) is 5.84. The lowest BCUT2D eigenvalue weighted by molar-refractivity contribution is 0.186. The number of nitrogens with zero attached hydrogens (tertiary/aromatic N) is 2. The third-order valence-corrected chi connectivity index (χ3v) is 5.84. The summed E-state index contributed by atoms with van der Waals surface area (Å²) in [5.41, 5.74) is 3.41. The number of likely N-dealkylation sites (tertiary alicyclic amines) is 1. The second-order valence-corrected chi connectivity index (χ2v) is 8.04. The van der Waals surface area contributed by atoms with Crippen molar-refractivity contribution in [2.45, 2.75) is 31.8 Å². The molecule has 1 heterocycles. The Morgan fingerprint density at radius 1 is 1.17 bits per heavy atom. The number of ether oxygens (including phenoxy) is 2. The summed E-state index contributed by atoms with van der Waals surface area (Å²) in [6.45, 7) is 3.36. The van der Waals surface area contributed by atoms with Crippen LogP contribution in [0, 0.1) is 6.92 Å². The summed E-state index contributed by atoms with van der Waals surface area (Å²) >= 11 is 0. The van der Waals surface area contributed by atoms with Crippen molar-refractivity contribution in [2.75, 3.05) is 41.4 Å². The number of urea groups is 1. The number of likely N-dealkylation sites (N-methyl/N-ethyl adjacent to an activating group) is 1. The van der Waals surface area contributed by atoms with E-state index in [0.717, 1.165) is 36.4 Å². The zero-order valence-electron chi connectivity index (χ0n) is 18.6. The van der Waals surface area contributed by atoms with Crippen LogP contribution in [-0.2, 0) is 0 Å². The summed E-state index contributed by atoms with van der Waals surface area (Å²) in [7, 11) is 7.39. The van der Waals surface area contributed by atoms with Crippen molar-refractivity contribution in [3.8, 4) is 11.5 Å². The smallest absolute Gasteiger partial charge is 0.317 e. The molecule has 1 saturated heterocycles. The van der Waals surface area contributed by atoms with Gasteiger partial charge in [0, 0.05) is 18.7 Å². The monoisotopic (exact) mass is 411 g/mol. The summed E-state index contributed by atoms with van der Waals surface area (Å²) in [5, 5.41) is 3.16. The quantitative estimate of drug-likeness (QED) is 0.743. The van der Waals surface area contributed by atoms with Gasteiger partial charge in [0.1, 0.15) is 11.5 Å². The van der Waals surface area contributed by atoms with E-state index >= 15 is 0 Å². The molecule has 6 heteroatoms. The standard InChI is InChI=1S/C24H33N3O3/c1-17-8-10-18(11-9-17)22(26(2)3)16-25-24(28)27-14-6-7-21(27)20-15-19(29-4)12-13-23(20)30-5/h8-13,15,21-22H,6-7,14,16H2,1-5H3,(H,25,28). The highest BCUT2D eigenvalue weighted by molar-refractivity contribution is 5.75. The molecule has 1 fully saturated rings. The molecule has 0 saturated carbocycles. The molecule has 0 radical (unpaired) electrons. The predicted molar refractivity (Wildman–Crippen MR) is 119 cm³/mol. The Morgan fingerprint density at radius 2 is 1.90 bits per heavy atom. The van der Waals surface area contributed by atoms with Gasteiger partial charge in [-0.15, -0.1) is 0 Å². The van der Waals surface area contributed by atoms with Crippen LogP contribution >= 0.6 is 0 Å². The topological polar surface area (TPSA) is 54.0 Å². The van der Waals surface area contributed by atoms with Gasteiger partial charge in [0.05, 0.1) is 26.3 Å². The fraction of sp³-hybridized carbons (Fsp3) is 0.458. The Hall–Kier alpha value is -2.73. The molecule has 3 rings (SSSR count). The number of hydrogen-bond acceptors (Lipinski definition) is 4. The maximum atomic E-state index is 13.1. The van der Waals surface area contributed by atoms with Crippen LogP contribution in [0.5, 0.6) is 11.5 Å². The molecular weight excluding hydrogens is 378 g/mol. The molecular formula is C24H33N3O3. The van der Waals surface area contributed by atoms with Gasteiger partial charge in [0.15, 0.2) is 0 Å². The first-order valence-electron chi connectivity index (χ1n) is 10.4. The van der Waals surface area contributed by atoms with Gasteiger partial charge in [-0.2, -0.15) is 0 Å². The first-order chi connectivity index (χ1) is 14.4. The SMILES string of the molecule is COc1ccc(OC)c(C2CCCN2C(=O)NCC(c2ccc(C)cc2)N(C)C)c1. The average Bonchev–Trinajstić information content (AvgIpc) is 3.24. The number of rotatable bonds is 7. The van der Waals surface area contributed by atoms with E-state index in [-0.39, 0.29) is 18.1 Å². The molecule has 0 aliphatic carbocycles. The van der Waals surface area contributed by atoms with Crippen LogP contribution < -0.4 is 14.8 Å². The first-order valence-corrected chi connectivity index (χ1v) is 10.4. The van der Waals surface area contributed by atoms with Crippen molar-refractivity contribution in [1.29, 1.82) is 0 Å². The van der Waals surface area contributed by atoms with E-state index in [1.165, 1.54) is 11.1 Å². The summed E-state index contributed by atoms with van der Waals surface area (Å²) in [6.07, 6.45) is 1.87. The molecule has 30 heavy (non-hydrogen) atoms. The fourth-order valence-corrected chi connectivity index (χ4v) is 4.11. The fourth-order valence-electron chi connectivity index (χ4n) is 4.11. The van der Waals surface area contributed by atoms with Crippen molar-refractivity contribution < 1.29 is 14.3 Å². The van der Waals surface area contributed by atoms with Gasteiger partial charge >= 0.3 is 6.03 Å². The average molecular weight is 412 g/mol. The Bertz CT molecular complexity index is 851. The van der Waals surface area contributed by atoms with Gasteiger partial charge in [-0.25, -0.2) is 4.79 Å². The molecule has 6 nitrogen and oxygen atoms in total. The number of nitrogens with one attached hydrogen (secondary N) is 1. The molecule has 2 amide bonds. The molecule has 2 unspecified atom stereocenters. The summed E-state index contributed by atoms with van der Waals surface area (Å²) in [4.78, 5) is 17.2. The molecule has 2 aromatic rings. The number of carbonyl (C=O) groups excluding carboxylic acids is 1. The minimum absolute atomic E-state index is 0.0211. The van der Waals surface area contributed by atoms with Crippen molar-refractivity contribution in [2.24, 2.45) is 0 Å². The van der Waals surface area contributed by atoms with Crippen LogP contribution in [0.1, 0.15) is 41.6 Å². The minimum Gasteiger partial charge on any atom is -0.497 e. The van der Waals surface area contributed by atoms with Crippen LogP contribution in [-0.4, -0.2) is 57.2 Å². The van der Waals surface area contributed by atoms with Gasteiger partial charge in [-0.1, -0.05) is 29.8 Å².